The van der Waals surface area contributed by atoms with Gasteiger partial charge < -0.3 is 5.32 Å². The van der Waals surface area contributed by atoms with E-state index in [1.54, 1.807) is 0 Å². The zero-order valence-electron chi connectivity index (χ0n) is 12.1. The summed E-state index contributed by atoms with van der Waals surface area (Å²) in [4.78, 5) is 2.70. The number of likely N-dealkylation sites (N-methyl/N-ethyl adjacent to an activating group) is 1. The lowest BCUT2D eigenvalue weighted by atomic mass is 9.90. The zero-order chi connectivity index (χ0) is 13.1. The van der Waals surface area contributed by atoms with Crippen molar-refractivity contribution in [2.45, 2.75) is 50.6 Å². The second kappa shape index (κ2) is 5.64. The van der Waals surface area contributed by atoms with Crippen molar-refractivity contribution in [1.29, 1.82) is 0 Å². The molecule has 1 saturated heterocycles. The molecule has 1 heterocycles. The normalized spacial score (nSPS) is 26.9. The molecule has 104 valence electrons. The molecule has 1 aromatic rings. The lowest BCUT2D eigenvalue weighted by molar-refractivity contribution is 0.0855. The van der Waals surface area contributed by atoms with Crippen LogP contribution in [0.1, 0.15) is 38.2 Å². The monoisotopic (exact) mass is 258 g/mol. The van der Waals surface area contributed by atoms with Crippen LogP contribution in [0.2, 0.25) is 0 Å². The van der Waals surface area contributed by atoms with Crippen LogP contribution >= 0.6 is 0 Å². The Morgan fingerprint density at radius 1 is 1.21 bits per heavy atom. The predicted octanol–water partition coefficient (Wildman–Crippen LogP) is 2.84. The molecule has 2 nitrogen and oxygen atoms in total. The average Bonchev–Trinajstić information content (AvgIpc) is 2.90. The Labute approximate surface area is 117 Å². The third-order valence-electron chi connectivity index (χ3n) is 5.02. The molecule has 0 amide bonds. The predicted molar refractivity (Wildman–Crippen MR) is 80.4 cm³/mol. The maximum atomic E-state index is 3.89. The minimum atomic E-state index is 0.448. The summed E-state index contributed by atoms with van der Waals surface area (Å²) in [5, 5.41) is 3.89. The van der Waals surface area contributed by atoms with Gasteiger partial charge in [-0.2, -0.15) is 0 Å². The highest BCUT2D eigenvalue weighted by Gasteiger charge is 2.40. The van der Waals surface area contributed by atoms with E-state index in [9.17, 15) is 0 Å². The molecule has 0 aromatic heterocycles. The van der Waals surface area contributed by atoms with Crippen molar-refractivity contribution < 1.29 is 0 Å². The van der Waals surface area contributed by atoms with Crippen molar-refractivity contribution in [3.8, 4) is 0 Å². The van der Waals surface area contributed by atoms with Crippen molar-refractivity contribution in [3.05, 3.63) is 35.9 Å². The van der Waals surface area contributed by atoms with Gasteiger partial charge in [0.2, 0.25) is 0 Å². The molecular formula is C17H26N2. The molecule has 1 atom stereocenters. The van der Waals surface area contributed by atoms with E-state index >= 15 is 0 Å². The lowest BCUT2D eigenvalue weighted by Crippen LogP contribution is -2.63. The van der Waals surface area contributed by atoms with Crippen molar-refractivity contribution in [3.63, 3.8) is 0 Å². The molecule has 1 N–H and O–H groups in total. The van der Waals surface area contributed by atoms with Crippen LogP contribution in [-0.4, -0.2) is 36.1 Å². The zero-order valence-corrected chi connectivity index (χ0v) is 12.1. The maximum Gasteiger partial charge on any atom is 0.0309 e. The summed E-state index contributed by atoms with van der Waals surface area (Å²) in [5.74, 6) is 0. The molecule has 1 saturated carbocycles. The van der Waals surface area contributed by atoms with Gasteiger partial charge in [-0.15, -0.1) is 0 Å². The molecule has 2 heteroatoms. The number of nitrogens with one attached hydrogen (secondary N) is 1. The number of hydrogen-bond acceptors (Lipinski definition) is 2. The molecule has 2 fully saturated rings. The summed E-state index contributed by atoms with van der Waals surface area (Å²) in [6, 6.07) is 11.6. The summed E-state index contributed by atoms with van der Waals surface area (Å²) in [7, 11) is 0. The molecule has 3 rings (SSSR count). The number of benzene rings is 1. The number of nitrogens with zero attached hydrogens (tertiary/aromatic N) is 1. The third kappa shape index (κ3) is 2.85. The highest BCUT2D eigenvalue weighted by molar-refractivity contribution is 5.17. The van der Waals surface area contributed by atoms with E-state index in [1.807, 2.05) is 0 Å². The van der Waals surface area contributed by atoms with E-state index in [0.29, 0.717) is 11.6 Å². The van der Waals surface area contributed by atoms with Crippen molar-refractivity contribution in [1.82, 2.24) is 10.2 Å². The Balaban J connectivity index is 1.66. The quantitative estimate of drug-likeness (QED) is 0.897. The van der Waals surface area contributed by atoms with Crippen molar-refractivity contribution >= 4 is 0 Å². The van der Waals surface area contributed by atoms with Gasteiger partial charge in [-0.3, -0.25) is 4.90 Å². The maximum absolute atomic E-state index is 3.89. The molecule has 2 aliphatic rings. The van der Waals surface area contributed by atoms with E-state index in [1.165, 1.54) is 50.8 Å². The number of piperazine rings is 1. The number of hydrogen-bond donors (Lipinski definition) is 1. The summed E-state index contributed by atoms with van der Waals surface area (Å²) < 4.78 is 0. The first-order valence-corrected chi connectivity index (χ1v) is 7.84. The molecule has 1 unspecified atom stereocenters. The van der Waals surface area contributed by atoms with Crippen LogP contribution in [0.25, 0.3) is 0 Å². The first-order valence-electron chi connectivity index (χ1n) is 7.84. The lowest BCUT2D eigenvalue weighted by Gasteiger charge is -2.46. The average molecular weight is 258 g/mol. The first kappa shape index (κ1) is 13.1. The highest BCUT2D eigenvalue weighted by Crippen LogP contribution is 2.33. The summed E-state index contributed by atoms with van der Waals surface area (Å²) in [5.41, 5.74) is 1.92. The molecule has 1 aliphatic carbocycles. The minimum absolute atomic E-state index is 0.448. The standard InChI is InChI=1S/C17H26N2/c1-2-19-14-17(10-6-7-11-17)18-13-16(19)12-15-8-4-3-5-9-15/h3-5,8-9,16,18H,2,6-7,10-14H2,1H3. The van der Waals surface area contributed by atoms with Crippen molar-refractivity contribution in [2.24, 2.45) is 0 Å². The summed E-state index contributed by atoms with van der Waals surface area (Å²) in [6.45, 7) is 5.90. The van der Waals surface area contributed by atoms with E-state index in [-0.39, 0.29) is 0 Å². The fraction of sp³-hybridized carbons (Fsp3) is 0.647. The first-order chi connectivity index (χ1) is 9.31. The van der Waals surface area contributed by atoms with Gasteiger partial charge in [-0.25, -0.2) is 0 Å². The molecular weight excluding hydrogens is 232 g/mol. The smallest absolute Gasteiger partial charge is 0.0309 e. The van der Waals surface area contributed by atoms with Crippen LogP contribution in [0.5, 0.6) is 0 Å². The van der Waals surface area contributed by atoms with Crippen LogP contribution in [0.4, 0.5) is 0 Å². The van der Waals surface area contributed by atoms with Crippen LogP contribution < -0.4 is 5.32 Å². The molecule has 19 heavy (non-hydrogen) atoms. The van der Waals surface area contributed by atoms with Crippen LogP contribution in [0, 0.1) is 0 Å². The molecule has 0 bridgehead atoms. The van der Waals surface area contributed by atoms with Gasteiger partial charge in [-0.1, -0.05) is 50.1 Å². The molecule has 1 spiro atoms. The Morgan fingerprint density at radius 3 is 2.63 bits per heavy atom. The molecule has 1 aromatic carbocycles. The van der Waals surface area contributed by atoms with Gasteiger partial charge in [0.15, 0.2) is 0 Å². The summed E-state index contributed by atoms with van der Waals surface area (Å²) >= 11 is 0. The largest absolute Gasteiger partial charge is 0.308 e. The SMILES string of the molecule is CCN1CC2(CCCC2)NCC1Cc1ccccc1. The second-order valence-electron chi connectivity index (χ2n) is 6.27. The fourth-order valence-corrected chi connectivity index (χ4v) is 3.88. The van der Waals surface area contributed by atoms with Gasteiger partial charge >= 0.3 is 0 Å². The minimum Gasteiger partial charge on any atom is -0.308 e. The van der Waals surface area contributed by atoms with Gasteiger partial charge in [0.1, 0.15) is 0 Å². The van der Waals surface area contributed by atoms with Gasteiger partial charge in [-0.05, 0) is 31.4 Å². The number of rotatable bonds is 3. The van der Waals surface area contributed by atoms with Gasteiger partial charge in [0, 0.05) is 24.7 Å². The summed E-state index contributed by atoms with van der Waals surface area (Å²) in [6.07, 6.45) is 6.75. The van der Waals surface area contributed by atoms with E-state index in [4.69, 9.17) is 0 Å². The third-order valence-corrected chi connectivity index (χ3v) is 5.02. The van der Waals surface area contributed by atoms with Gasteiger partial charge in [0.25, 0.3) is 0 Å². The molecule has 0 radical (unpaired) electrons. The Kier molecular flexibility index (Phi) is 3.90. The topological polar surface area (TPSA) is 15.3 Å². The second-order valence-corrected chi connectivity index (χ2v) is 6.27. The van der Waals surface area contributed by atoms with Crippen LogP contribution in [0.3, 0.4) is 0 Å². The van der Waals surface area contributed by atoms with E-state index in [0.717, 1.165) is 6.54 Å². The Bertz CT molecular complexity index is 395. The van der Waals surface area contributed by atoms with Gasteiger partial charge in [0.05, 0.1) is 0 Å². The Morgan fingerprint density at radius 2 is 1.95 bits per heavy atom. The fourth-order valence-electron chi connectivity index (χ4n) is 3.88. The molecule has 1 aliphatic heterocycles. The van der Waals surface area contributed by atoms with Crippen molar-refractivity contribution in [2.75, 3.05) is 19.6 Å². The van der Waals surface area contributed by atoms with Crippen LogP contribution in [0.15, 0.2) is 30.3 Å². The van der Waals surface area contributed by atoms with E-state index < -0.39 is 0 Å². The highest BCUT2D eigenvalue weighted by atomic mass is 15.2. The van der Waals surface area contributed by atoms with E-state index in [2.05, 4.69) is 47.5 Å². The van der Waals surface area contributed by atoms with Crippen LogP contribution in [-0.2, 0) is 6.42 Å². The Hall–Kier alpha value is -0.860.